The van der Waals surface area contributed by atoms with Crippen LogP contribution >= 0.6 is 11.5 Å². The SMILES string of the molecule is CCc1nsc(N2CCN(C(=NC)NCCOc3ccccc3C)CC2)n1. The summed E-state index contributed by atoms with van der Waals surface area (Å²) in [5, 5.41) is 4.43. The van der Waals surface area contributed by atoms with Gasteiger partial charge in [0.15, 0.2) is 5.96 Å². The molecule has 0 atom stereocenters. The van der Waals surface area contributed by atoms with E-state index in [2.05, 4.69) is 49.4 Å². The fourth-order valence-corrected chi connectivity index (χ4v) is 3.80. The molecule has 1 aliphatic heterocycles. The van der Waals surface area contributed by atoms with Crippen LogP contribution in [0.5, 0.6) is 5.75 Å². The van der Waals surface area contributed by atoms with Gasteiger partial charge in [0.25, 0.3) is 0 Å². The summed E-state index contributed by atoms with van der Waals surface area (Å²) in [5.41, 5.74) is 1.15. The van der Waals surface area contributed by atoms with E-state index in [0.29, 0.717) is 6.61 Å². The fraction of sp³-hybridized carbons (Fsp3) is 0.526. The first kappa shape index (κ1) is 19.4. The Kier molecular flexibility index (Phi) is 6.86. The number of aliphatic imine (C=N–C) groups is 1. The highest BCUT2D eigenvalue weighted by Gasteiger charge is 2.21. The Morgan fingerprint density at radius 3 is 2.70 bits per heavy atom. The first-order valence-electron chi connectivity index (χ1n) is 9.42. The summed E-state index contributed by atoms with van der Waals surface area (Å²) in [6.45, 7) is 9.16. The van der Waals surface area contributed by atoms with Gasteiger partial charge in [-0.05, 0) is 18.6 Å². The third kappa shape index (κ3) is 5.09. The molecule has 0 unspecified atom stereocenters. The molecular formula is C19H28N6OS. The Morgan fingerprint density at radius 2 is 2.04 bits per heavy atom. The number of aryl methyl sites for hydroxylation is 2. The van der Waals surface area contributed by atoms with Gasteiger partial charge in [-0.25, -0.2) is 4.98 Å². The molecule has 3 rings (SSSR count). The Morgan fingerprint density at radius 1 is 1.26 bits per heavy atom. The van der Waals surface area contributed by atoms with Crippen LogP contribution in [-0.4, -0.2) is 66.6 Å². The van der Waals surface area contributed by atoms with E-state index in [9.17, 15) is 0 Å². The lowest BCUT2D eigenvalue weighted by molar-refractivity contribution is 0.313. The van der Waals surface area contributed by atoms with E-state index >= 15 is 0 Å². The number of rotatable bonds is 6. The average Bonchev–Trinajstić information content (AvgIpc) is 3.19. The highest BCUT2D eigenvalue weighted by Crippen LogP contribution is 2.19. The van der Waals surface area contributed by atoms with Crippen LogP contribution in [0.15, 0.2) is 29.3 Å². The van der Waals surface area contributed by atoms with E-state index in [4.69, 9.17) is 4.74 Å². The van der Waals surface area contributed by atoms with Crippen molar-refractivity contribution in [3.8, 4) is 5.75 Å². The largest absolute Gasteiger partial charge is 0.491 e. The van der Waals surface area contributed by atoms with Crippen LogP contribution in [0.2, 0.25) is 0 Å². The van der Waals surface area contributed by atoms with Crippen molar-refractivity contribution in [3.05, 3.63) is 35.7 Å². The van der Waals surface area contributed by atoms with Gasteiger partial charge in [-0.1, -0.05) is 25.1 Å². The molecule has 7 nitrogen and oxygen atoms in total. The zero-order valence-corrected chi connectivity index (χ0v) is 17.1. The molecule has 2 heterocycles. The van der Waals surface area contributed by atoms with Crippen LogP contribution in [0.4, 0.5) is 5.13 Å². The number of ether oxygens (including phenoxy) is 1. The predicted octanol–water partition coefficient (Wildman–Crippen LogP) is 2.19. The Bertz CT molecular complexity index is 754. The summed E-state index contributed by atoms with van der Waals surface area (Å²) >= 11 is 1.50. The van der Waals surface area contributed by atoms with Gasteiger partial charge in [0.1, 0.15) is 18.2 Å². The van der Waals surface area contributed by atoms with Crippen molar-refractivity contribution in [2.75, 3.05) is 51.3 Å². The van der Waals surface area contributed by atoms with E-state index in [-0.39, 0.29) is 0 Å². The summed E-state index contributed by atoms with van der Waals surface area (Å²) in [6, 6.07) is 8.08. The second-order valence-electron chi connectivity index (χ2n) is 6.41. The molecule has 0 saturated carbocycles. The molecule has 1 aromatic heterocycles. The van der Waals surface area contributed by atoms with E-state index in [0.717, 1.165) is 67.4 Å². The van der Waals surface area contributed by atoms with E-state index in [1.807, 2.05) is 25.2 Å². The second-order valence-corrected chi connectivity index (χ2v) is 7.14. The lowest BCUT2D eigenvalue weighted by Gasteiger charge is -2.36. The minimum Gasteiger partial charge on any atom is -0.491 e. The minimum absolute atomic E-state index is 0.606. The van der Waals surface area contributed by atoms with Gasteiger partial charge < -0.3 is 19.9 Å². The van der Waals surface area contributed by atoms with Gasteiger partial charge in [-0.3, -0.25) is 4.99 Å². The molecule has 0 spiro atoms. The number of piperazine rings is 1. The number of anilines is 1. The molecule has 1 fully saturated rings. The normalized spacial score (nSPS) is 15.1. The minimum atomic E-state index is 0.606. The van der Waals surface area contributed by atoms with Crippen molar-refractivity contribution in [2.24, 2.45) is 4.99 Å². The summed E-state index contributed by atoms with van der Waals surface area (Å²) in [6.07, 6.45) is 0.887. The fourth-order valence-electron chi connectivity index (χ4n) is 3.00. The number of nitrogens with one attached hydrogen (secondary N) is 1. The second kappa shape index (κ2) is 9.55. The number of hydrogen-bond donors (Lipinski definition) is 1. The number of nitrogens with zero attached hydrogens (tertiary/aromatic N) is 5. The van der Waals surface area contributed by atoms with Crippen molar-refractivity contribution >= 4 is 22.6 Å². The third-order valence-corrected chi connectivity index (χ3v) is 5.39. The lowest BCUT2D eigenvalue weighted by atomic mass is 10.2. The standard InChI is InChI=1S/C19H28N6OS/c1-4-17-22-19(27-23-17)25-12-10-24(11-13-25)18(20-3)21-9-14-26-16-8-6-5-7-15(16)2/h5-8H,4,9-14H2,1-3H3,(H,20,21). The topological polar surface area (TPSA) is 65.9 Å². The van der Waals surface area contributed by atoms with E-state index in [1.54, 1.807) is 0 Å². The number of guanidine groups is 1. The highest BCUT2D eigenvalue weighted by molar-refractivity contribution is 7.09. The summed E-state index contributed by atoms with van der Waals surface area (Å²) < 4.78 is 10.2. The van der Waals surface area contributed by atoms with Crippen molar-refractivity contribution in [3.63, 3.8) is 0 Å². The summed E-state index contributed by atoms with van der Waals surface area (Å²) in [7, 11) is 1.83. The molecule has 1 saturated heterocycles. The molecule has 146 valence electrons. The van der Waals surface area contributed by atoms with Crippen molar-refractivity contribution in [2.45, 2.75) is 20.3 Å². The number of hydrogen-bond acceptors (Lipinski definition) is 6. The van der Waals surface area contributed by atoms with E-state index < -0.39 is 0 Å². The smallest absolute Gasteiger partial charge is 0.205 e. The molecule has 0 radical (unpaired) electrons. The van der Waals surface area contributed by atoms with Gasteiger partial charge >= 0.3 is 0 Å². The molecule has 1 aromatic carbocycles. The molecule has 0 aliphatic carbocycles. The van der Waals surface area contributed by atoms with E-state index in [1.165, 1.54) is 11.5 Å². The molecule has 1 aliphatic rings. The Hall–Kier alpha value is -2.35. The van der Waals surface area contributed by atoms with Gasteiger partial charge in [0.05, 0.1) is 6.54 Å². The number of aromatic nitrogens is 2. The maximum atomic E-state index is 5.85. The van der Waals surface area contributed by atoms with Gasteiger partial charge in [0, 0.05) is 51.2 Å². The third-order valence-electron chi connectivity index (χ3n) is 4.57. The highest BCUT2D eigenvalue weighted by atomic mass is 32.1. The van der Waals surface area contributed by atoms with Crippen molar-refractivity contribution < 1.29 is 4.74 Å². The van der Waals surface area contributed by atoms with Crippen LogP contribution in [0.3, 0.4) is 0 Å². The zero-order valence-electron chi connectivity index (χ0n) is 16.3. The zero-order chi connectivity index (χ0) is 19.1. The monoisotopic (exact) mass is 388 g/mol. The van der Waals surface area contributed by atoms with Crippen LogP contribution in [0.25, 0.3) is 0 Å². The van der Waals surface area contributed by atoms with Crippen LogP contribution in [0, 0.1) is 6.92 Å². The predicted molar refractivity (Wildman–Crippen MR) is 111 cm³/mol. The van der Waals surface area contributed by atoms with Gasteiger partial charge in [-0.15, -0.1) is 0 Å². The molecule has 0 bridgehead atoms. The van der Waals surface area contributed by atoms with Gasteiger partial charge in [-0.2, -0.15) is 4.37 Å². The molecule has 0 amide bonds. The maximum absolute atomic E-state index is 5.85. The molecule has 2 aromatic rings. The summed E-state index contributed by atoms with van der Waals surface area (Å²) in [5.74, 6) is 2.80. The van der Waals surface area contributed by atoms with Crippen LogP contribution in [0.1, 0.15) is 18.3 Å². The number of para-hydroxylation sites is 1. The molecular weight excluding hydrogens is 360 g/mol. The summed E-state index contributed by atoms with van der Waals surface area (Å²) in [4.78, 5) is 13.6. The van der Waals surface area contributed by atoms with Crippen molar-refractivity contribution in [1.82, 2.24) is 19.6 Å². The first-order chi connectivity index (χ1) is 13.2. The first-order valence-corrected chi connectivity index (χ1v) is 10.2. The van der Waals surface area contributed by atoms with Crippen molar-refractivity contribution in [1.29, 1.82) is 0 Å². The van der Waals surface area contributed by atoms with Gasteiger partial charge in [0.2, 0.25) is 5.13 Å². The van der Waals surface area contributed by atoms with Crippen LogP contribution in [-0.2, 0) is 6.42 Å². The Balaban J connectivity index is 1.43. The Labute approximate surface area is 165 Å². The lowest BCUT2D eigenvalue weighted by Crippen LogP contribution is -2.53. The van der Waals surface area contributed by atoms with Crippen LogP contribution < -0.4 is 15.0 Å². The quantitative estimate of drug-likeness (QED) is 0.465. The average molecular weight is 389 g/mol. The molecule has 8 heteroatoms. The molecule has 27 heavy (non-hydrogen) atoms. The number of benzene rings is 1. The molecule has 1 N–H and O–H groups in total. The maximum Gasteiger partial charge on any atom is 0.205 e.